The fraction of sp³-hybridized carbons (Fsp3) is 0.107. The molecule has 0 spiro atoms. The molecule has 150 valence electrons. The standard InChI is InChI=1S/C28H23N3/c1-19(2)26-29-27(23-15-12-22(13-16-23)20-8-4-3-5-9-20)31-28(30-26)25-17-14-21-10-6-7-11-24(21)18-25/h3-19H,1-2H3. The number of rotatable bonds is 4. The van der Waals surface area contributed by atoms with Crippen molar-refractivity contribution in [2.24, 2.45) is 0 Å². The summed E-state index contributed by atoms with van der Waals surface area (Å²) in [5.41, 5.74) is 4.37. The first-order chi connectivity index (χ1) is 15.2. The molecule has 0 bridgehead atoms. The first-order valence-corrected chi connectivity index (χ1v) is 10.6. The minimum atomic E-state index is 0.213. The molecule has 0 aliphatic rings. The second kappa shape index (κ2) is 8.11. The average Bonchev–Trinajstić information content (AvgIpc) is 2.84. The predicted octanol–water partition coefficient (Wildman–Crippen LogP) is 7.15. The number of fused-ring (bicyclic) bond motifs is 1. The lowest BCUT2D eigenvalue weighted by Gasteiger charge is -2.11. The van der Waals surface area contributed by atoms with E-state index in [2.05, 4.69) is 105 Å². The van der Waals surface area contributed by atoms with Crippen LogP contribution in [0.5, 0.6) is 0 Å². The van der Waals surface area contributed by atoms with Gasteiger partial charge < -0.3 is 0 Å². The summed E-state index contributed by atoms with van der Waals surface area (Å²) in [5, 5.41) is 2.39. The Hall–Kier alpha value is -3.85. The van der Waals surface area contributed by atoms with Gasteiger partial charge in [0.05, 0.1) is 0 Å². The highest BCUT2D eigenvalue weighted by Crippen LogP contribution is 2.27. The van der Waals surface area contributed by atoms with Gasteiger partial charge in [-0.1, -0.05) is 105 Å². The molecule has 4 aromatic carbocycles. The maximum atomic E-state index is 4.84. The van der Waals surface area contributed by atoms with Gasteiger partial charge in [-0.2, -0.15) is 0 Å². The summed E-state index contributed by atoms with van der Waals surface area (Å²) in [6, 6.07) is 33.5. The average molecular weight is 402 g/mol. The van der Waals surface area contributed by atoms with Gasteiger partial charge in [-0.15, -0.1) is 0 Å². The zero-order chi connectivity index (χ0) is 21.2. The smallest absolute Gasteiger partial charge is 0.163 e. The second-order valence-corrected chi connectivity index (χ2v) is 8.00. The quantitative estimate of drug-likeness (QED) is 0.321. The highest BCUT2D eigenvalue weighted by atomic mass is 15.0. The van der Waals surface area contributed by atoms with Crippen LogP contribution in [0, 0.1) is 0 Å². The fourth-order valence-corrected chi connectivity index (χ4v) is 3.68. The summed E-state index contributed by atoms with van der Waals surface area (Å²) in [5.74, 6) is 2.44. The molecule has 0 unspecified atom stereocenters. The van der Waals surface area contributed by atoms with Gasteiger partial charge in [0.25, 0.3) is 0 Å². The Morgan fingerprint density at radius 2 is 1.03 bits per heavy atom. The van der Waals surface area contributed by atoms with Gasteiger partial charge in [0, 0.05) is 17.0 Å². The van der Waals surface area contributed by atoms with Crippen LogP contribution < -0.4 is 0 Å². The SMILES string of the molecule is CC(C)c1nc(-c2ccc(-c3ccccc3)cc2)nc(-c2ccc3ccccc3c2)n1. The molecular weight excluding hydrogens is 378 g/mol. The molecule has 0 aliphatic heterocycles. The van der Waals surface area contributed by atoms with Gasteiger partial charge in [0.1, 0.15) is 5.82 Å². The molecule has 5 rings (SSSR count). The van der Waals surface area contributed by atoms with Crippen molar-refractivity contribution in [3.05, 3.63) is 103 Å². The van der Waals surface area contributed by atoms with Crippen LogP contribution in [0.4, 0.5) is 0 Å². The van der Waals surface area contributed by atoms with E-state index in [1.807, 2.05) is 6.07 Å². The maximum Gasteiger partial charge on any atom is 0.163 e. The summed E-state index contributed by atoms with van der Waals surface area (Å²) >= 11 is 0. The van der Waals surface area contributed by atoms with Crippen LogP contribution in [0.3, 0.4) is 0 Å². The van der Waals surface area contributed by atoms with Crippen LogP contribution in [0.1, 0.15) is 25.6 Å². The molecule has 0 aliphatic carbocycles. The van der Waals surface area contributed by atoms with E-state index in [9.17, 15) is 0 Å². The van der Waals surface area contributed by atoms with E-state index in [1.165, 1.54) is 21.9 Å². The van der Waals surface area contributed by atoms with E-state index in [1.54, 1.807) is 0 Å². The summed E-state index contributed by atoms with van der Waals surface area (Å²) in [4.78, 5) is 14.4. The molecule has 0 fully saturated rings. The van der Waals surface area contributed by atoms with Crippen LogP contribution in [0.25, 0.3) is 44.7 Å². The molecule has 0 amide bonds. The molecule has 31 heavy (non-hydrogen) atoms. The van der Waals surface area contributed by atoms with Crippen LogP contribution >= 0.6 is 0 Å². The molecule has 0 N–H and O–H groups in total. The van der Waals surface area contributed by atoms with Crippen LogP contribution in [0.2, 0.25) is 0 Å². The molecular formula is C28H23N3. The Kier molecular flexibility index (Phi) is 5.01. The zero-order valence-electron chi connectivity index (χ0n) is 17.7. The van der Waals surface area contributed by atoms with E-state index < -0.39 is 0 Å². The highest BCUT2D eigenvalue weighted by Gasteiger charge is 2.13. The maximum absolute atomic E-state index is 4.84. The monoisotopic (exact) mass is 401 g/mol. The highest BCUT2D eigenvalue weighted by molar-refractivity contribution is 5.86. The minimum absolute atomic E-state index is 0.213. The molecule has 1 aromatic heterocycles. The Labute approximate surface area is 182 Å². The number of hydrogen-bond acceptors (Lipinski definition) is 3. The Bertz CT molecular complexity index is 1340. The van der Waals surface area contributed by atoms with Crippen LogP contribution in [-0.4, -0.2) is 15.0 Å². The summed E-state index contributed by atoms with van der Waals surface area (Å²) in [6.07, 6.45) is 0. The van der Waals surface area contributed by atoms with Crippen molar-refractivity contribution < 1.29 is 0 Å². The second-order valence-electron chi connectivity index (χ2n) is 8.00. The van der Waals surface area contributed by atoms with Gasteiger partial charge >= 0.3 is 0 Å². The van der Waals surface area contributed by atoms with Crippen LogP contribution in [-0.2, 0) is 0 Å². The third-order valence-corrected chi connectivity index (χ3v) is 5.43. The Balaban J connectivity index is 1.58. The number of benzene rings is 4. The van der Waals surface area contributed by atoms with Crippen molar-refractivity contribution in [1.82, 2.24) is 15.0 Å². The van der Waals surface area contributed by atoms with E-state index >= 15 is 0 Å². The molecule has 3 heteroatoms. The molecule has 3 nitrogen and oxygen atoms in total. The number of aromatic nitrogens is 3. The summed E-state index contributed by atoms with van der Waals surface area (Å²) < 4.78 is 0. The normalized spacial score (nSPS) is 11.2. The lowest BCUT2D eigenvalue weighted by atomic mass is 10.0. The number of nitrogens with zero attached hydrogens (tertiary/aromatic N) is 3. The number of hydrogen-bond donors (Lipinski definition) is 0. The van der Waals surface area contributed by atoms with E-state index in [0.29, 0.717) is 11.6 Å². The summed E-state index contributed by atoms with van der Waals surface area (Å²) in [6.45, 7) is 4.23. The third-order valence-electron chi connectivity index (χ3n) is 5.43. The molecule has 0 radical (unpaired) electrons. The van der Waals surface area contributed by atoms with Crippen molar-refractivity contribution in [2.75, 3.05) is 0 Å². The first kappa shape index (κ1) is 19.1. The van der Waals surface area contributed by atoms with Gasteiger partial charge in [-0.3, -0.25) is 0 Å². The topological polar surface area (TPSA) is 38.7 Å². The van der Waals surface area contributed by atoms with E-state index in [4.69, 9.17) is 15.0 Å². The van der Waals surface area contributed by atoms with Gasteiger partial charge in [-0.05, 0) is 28.0 Å². The van der Waals surface area contributed by atoms with Gasteiger partial charge in [0.2, 0.25) is 0 Å². The van der Waals surface area contributed by atoms with Crippen molar-refractivity contribution >= 4 is 10.8 Å². The molecule has 0 atom stereocenters. The lowest BCUT2D eigenvalue weighted by molar-refractivity contribution is 0.766. The summed E-state index contributed by atoms with van der Waals surface area (Å²) in [7, 11) is 0. The van der Waals surface area contributed by atoms with E-state index in [0.717, 1.165) is 17.0 Å². The fourth-order valence-electron chi connectivity index (χ4n) is 3.68. The van der Waals surface area contributed by atoms with Crippen molar-refractivity contribution in [3.8, 4) is 33.9 Å². The predicted molar refractivity (Wildman–Crippen MR) is 128 cm³/mol. The van der Waals surface area contributed by atoms with Crippen molar-refractivity contribution in [2.45, 2.75) is 19.8 Å². The Morgan fingerprint density at radius 1 is 0.484 bits per heavy atom. The molecule has 5 aromatic rings. The lowest BCUT2D eigenvalue weighted by Crippen LogP contribution is -2.04. The third kappa shape index (κ3) is 3.95. The molecule has 0 saturated heterocycles. The van der Waals surface area contributed by atoms with Gasteiger partial charge in [0.15, 0.2) is 11.6 Å². The van der Waals surface area contributed by atoms with Gasteiger partial charge in [-0.25, -0.2) is 15.0 Å². The first-order valence-electron chi connectivity index (χ1n) is 10.6. The van der Waals surface area contributed by atoms with Crippen molar-refractivity contribution in [1.29, 1.82) is 0 Å². The minimum Gasteiger partial charge on any atom is -0.213 e. The van der Waals surface area contributed by atoms with Crippen LogP contribution in [0.15, 0.2) is 97.1 Å². The Morgan fingerprint density at radius 3 is 1.74 bits per heavy atom. The van der Waals surface area contributed by atoms with E-state index in [-0.39, 0.29) is 5.92 Å². The molecule has 1 heterocycles. The molecule has 0 saturated carbocycles. The zero-order valence-corrected chi connectivity index (χ0v) is 17.7. The largest absolute Gasteiger partial charge is 0.213 e. The van der Waals surface area contributed by atoms with Crippen molar-refractivity contribution in [3.63, 3.8) is 0 Å².